The second kappa shape index (κ2) is 9.13. The largest absolute Gasteiger partial charge is 0.435 e. The Labute approximate surface area is 209 Å². The summed E-state index contributed by atoms with van der Waals surface area (Å²) in [5.41, 5.74) is -1.57. The van der Waals surface area contributed by atoms with Gasteiger partial charge in [0.15, 0.2) is 5.82 Å². The lowest BCUT2D eigenvalue weighted by atomic mass is 9.89. The molecule has 0 bridgehead atoms. The summed E-state index contributed by atoms with van der Waals surface area (Å²) < 4.78 is 56.6. The predicted octanol–water partition coefficient (Wildman–Crippen LogP) is 5.81. The standard InChI is InChI=1S/C23H22Cl2F4N4O2/c1-11(2)12(3)31-21(34)18-4-13-9-33(10-14(13)8-30-18)19-7-22(35-32-19,23(27,28)29)15-5-16(24)20(26)17(25)6-15/h4-6,8,11-12H,7,9-10H2,1-3H3,(H,31,34). The van der Waals surface area contributed by atoms with Crippen LogP contribution in [0.4, 0.5) is 17.6 Å². The van der Waals surface area contributed by atoms with Gasteiger partial charge in [0.1, 0.15) is 11.5 Å². The number of amides is 1. The number of nitrogens with one attached hydrogen (secondary N) is 1. The van der Waals surface area contributed by atoms with Crippen LogP contribution in [-0.2, 0) is 23.5 Å². The first-order chi connectivity index (χ1) is 16.3. The zero-order chi connectivity index (χ0) is 25.7. The van der Waals surface area contributed by atoms with Crippen molar-refractivity contribution in [3.05, 3.63) is 62.6 Å². The van der Waals surface area contributed by atoms with E-state index in [-0.39, 0.29) is 42.5 Å². The van der Waals surface area contributed by atoms with Crippen molar-refractivity contribution in [3.8, 4) is 0 Å². The molecule has 2 aliphatic heterocycles. The number of rotatable bonds is 4. The van der Waals surface area contributed by atoms with Gasteiger partial charge in [0, 0.05) is 30.9 Å². The molecule has 2 aromatic rings. The van der Waals surface area contributed by atoms with Crippen LogP contribution in [0.3, 0.4) is 0 Å². The highest BCUT2D eigenvalue weighted by Crippen LogP contribution is 2.50. The molecule has 1 amide bonds. The maximum atomic E-state index is 14.2. The molecule has 0 aliphatic carbocycles. The number of halogens is 6. The van der Waals surface area contributed by atoms with Crippen LogP contribution < -0.4 is 5.32 Å². The summed E-state index contributed by atoms with van der Waals surface area (Å²) in [7, 11) is 0. The predicted molar refractivity (Wildman–Crippen MR) is 123 cm³/mol. The van der Waals surface area contributed by atoms with Gasteiger partial charge in [-0.1, -0.05) is 42.2 Å². The van der Waals surface area contributed by atoms with Gasteiger partial charge in [0.2, 0.25) is 0 Å². The Morgan fingerprint density at radius 1 is 1.14 bits per heavy atom. The molecular weight excluding hydrogens is 511 g/mol. The number of amidine groups is 1. The molecule has 6 nitrogen and oxygen atoms in total. The number of aromatic nitrogens is 1. The number of oxime groups is 1. The second-order valence-corrected chi connectivity index (χ2v) is 9.87. The molecule has 12 heteroatoms. The monoisotopic (exact) mass is 532 g/mol. The molecule has 1 N–H and O–H groups in total. The average molecular weight is 533 g/mol. The average Bonchev–Trinajstić information content (AvgIpc) is 3.41. The molecule has 188 valence electrons. The van der Waals surface area contributed by atoms with Crippen molar-refractivity contribution in [1.82, 2.24) is 15.2 Å². The van der Waals surface area contributed by atoms with E-state index in [4.69, 9.17) is 28.0 Å². The molecule has 4 rings (SSSR count). The Bertz CT molecular complexity index is 1180. The highest BCUT2D eigenvalue weighted by atomic mass is 35.5. The Hall–Kier alpha value is -2.59. The molecule has 1 aromatic heterocycles. The Kier molecular flexibility index (Phi) is 6.65. The Balaban J connectivity index is 1.55. The highest BCUT2D eigenvalue weighted by molar-refractivity contribution is 6.35. The molecular formula is C23H22Cl2F4N4O2. The van der Waals surface area contributed by atoms with Crippen molar-refractivity contribution in [1.29, 1.82) is 0 Å². The number of nitrogens with zero attached hydrogens (tertiary/aromatic N) is 3. The van der Waals surface area contributed by atoms with Gasteiger partial charge >= 0.3 is 6.18 Å². The number of carbonyl (C=O) groups is 1. The van der Waals surface area contributed by atoms with Gasteiger partial charge < -0.3 is 15.1 Å². The summed E-state index contributed by atoms with van der Waals surface area (Å²) in [6.45, 7) is 6.33. The fourth-order valence-corrected chi connectivity index (χ4v) is 4.37. The summed E-state index contributed by atoms with van der Waals surface area (Å²) in [6, 6.07) is 3.27. The molecule has 0 saturated heterocycles. The summed E-state index contributed by atoms with van der Waals surface area (Å²) >= 11 is 11.5. The van der Waals surface area contributed by atoms with Crippen molar-refractivity contribution in [2.75, 3.05) is 0 Å². The number of hydrogen-bond acceptors (Lipinski definition) is 5. The van der Waals surface area contributed by atoms with Gasteiger partial charge in [-0.25, -0.2) is 4.39 Å². The zero-order valence-corrected chi connectivity index (χ0v) is 20.5. The zero-order valence-electron chi connectivity index (χ0n) is 19.0. The van der Waals surface area contributed by atoms with Crippen molar-refractivity contribution in [2.45, 2.75) is 58.1 Å². The van der Waals surface area contributed by atoms with Crippen LogP contribution in [-0.4, -0.2) is 33.8 Å². The molecule has 1 aromatic carbocycles. The number of alkyl halides is 3. The van der Waals surface area contributed by atoms with Crippen molar-refractivity contribution >= 4 is 34.9 Å². The van der Waals surface area contributed by atoms with Crippen LogP contribution in [0.2, 0.25) is 10.0 Å². The lowest BCUT2D eigenvalue weighted by Gasteiger charge is -2.30. The number of pyridine rings is 1. The molecule has 2 aliphatic rings. The first-order valence-corrected chi connectivity index (χ1v) is 11.6. The lowest BCUT2D eigenvalue weighted by molar-refractivity contribution is -0.275. The smallest absolute Gasteiger partial charge is 0.372 e. The quantitative estimate of drug-likeness (QED) is 0.398. The van der Waals surface area contributed by atoms with E-state index in [1.165, 1.54) is 6.20 Å². The molecule has 2 atom stereocenters. The minimum absolute atomic E-state index is 0.0505. The first-order valence-electron chi connectivity index (χ1n) is 10.8. The molecule has 0 saturated carbocycles. The normalized spacial score (nSPS) is 20.5. The van der Waals surface area contributed by atoms with Gasteiger partial charge in [-0.2, -0.15) is 13.2 Å². The number of hydrogen-bond donors (Lipinski definition) is 1. The molecule has 35 heavy (non-hydrogen) atoms. The summed E-state index contributed by atoms with van der Waals surface area (Å²) in [5.74, 6) is -1.05. The van der Waals surface area contributed by atoms with Gasteiger partial charge in [0.25, 0.3) is 11.5 Å². The van der Waals surface area contributed by atoms with Gasteiger partial charge in [0.05, 0.1) is 16.5 Å². The van der Waals surface area contributed by atoms with Gasteiger partial charge in [-0.3, -0.25) is 9.78 Å². The molecule has 0 fully saturated rings. The Morgan fingerprint density at radius 2 is 1.77 bits per heavy atom. The highest BCUT2D eigenvalue weighted by Gasteiger charge is 2.63. The van der Waals surface area contributed by atoms with Crippen LogP contribution in [0.5, 0.6) is 0 Å². The molecule has 0 spiro atoms. The molecule has 3 heterocycles. The fraction of sp³-hybridized carbons (Fsp3) is 0.435. The topological polar surface area (TPSA) is 66.8 Å². The van der Waals surface area contributed by atoms with E-state index < -0.39 is 39.6 Å². The van der Waals surface area contributed by atoms with Crippen molar-refractivity contribution in [3.63, 3.8) is 0 Å². The Morgan fingerprint density at radius 3 is 2.37 bits per heavy atom. The van der Waals surface area contributed by atoms with E-state index in [0.29, 0.717) is 0 Å². The lowest BCUT2D eigenvalue weighted by Crippen LogP contribution is -2.44. The van der Waals surface area contributed by atoms with Gasteiger partial charge in [-0.15, -0.1) is 0 Å². The number of fused-ring (bicyclic) bond motifs is 1. The van der Waals surface area contributed by atoms with E-state index >= 15 is 0 Å². The summed E-state index contributed by atoms with van der Waals surface area (Å²) in [4.78, 5) is 23.3. The maximum Gasteiger partial charge on any atom is 0.435 e. The SMILES string of the molecule is CC(C)C(C)NC(=O)c1cc2c(cn1)CN(C1=NOC(c3cc(Cl)c(F)c(Cl)c3)(C(F)(F)F)C1)C2. The van der Waals surface area contributed by atoms with Crippen LogP contribution in [0.15, 0.2) is 29.6 Å². The minimum Gasteiger partial charge on any atom is -0.372 e. The maximum absolute atomic E-state index is 14.2. The third-order valence-electron chi connectivity index (χ3n) is 6.38. The van der Waals surface area contributed by atoms with E-state index in [1.807, 2.05) is 20.8 Å². The third kappa shape index (κ3) is 4.65. The first kappa shape index (κ1) is 25.5. The summed E-state index contributed by atoms with van der Waals surface area (Å²) in [5, 5.41) is 5.52. The number of carbonyl (C=O) groups excluding carboxylic acids is 1. The molecule has 0 radical (unpaired) electrons. The van der Waals surface area contributed by atoms with Crippen molar-refractivity contribution in [2.24, 2.45) is 11.1 Å². The van der Waals surface area contributed by atoms with Crippen LogP contribution in [0, 0.1) is 11.7 Å². The second-order valence-electron chi connectivity index (χ2n) is 9.05. The van der Waals surface area contributed by atoms with Crippen LogP contribution in [0.1, 0.15) is 54.4 Å². The van der Waals surface area contributed by atoms with E-state index in [0.717, 1.165) is 23.3 Å². The third-order valence-corrected chi connectivity index (χ3v) is 6.93. The fourth-order valence-electron chi connectivity index (χ4n) is 3.88. The van der Waals surface area contributed by atoms with E-state index in [1.54, 1.807) is 11.0 Å². The van der Waals surface area contributed by atoms with Crippen LogP contribution in [0.25, 0.3) is 0 Å². The molecule has 2 unspecified atom stereocenters. The van der Waals surface area contributed by atoms with E-state index in [2.05, 4.69) is 15.5 Å². The minimum atomic E-state index is -4.89. The van der Waals surface area contributed by atoms with Crippen molar-refractivity contribution < 1.29 is 27.2 Å². The van der Waals surface area contributed by atoms with E-state index in [9.17, 15) is 22.4 Å². The van der Waals surface area contributed by atoms with Gasteiger partial charge in [-0.05, 0) is 42.2 Å². The van der Waals surface area contributed by atoms with Crippen LogP contribution >= 0.6 is 23.2 Å². The number of benzene rings is 1. The summed E-state index contributed by atoms with van der Waals surface area (Å²) in [6.07, 6.45) is -4.01.